The highest BCUT2D eigenvalue weighted by molar-refractivity contribution is 5.90. The average Bonchev–Trinajstić information content (AvgIpc) is 0.824. The van der Waals surface area contributed by atoms with Crippen molar-refractivity contribution in [1.82, 2.24) is 37.2 Å². The summed E-state index contributed by atoms with van der Waals surface area (Å²) >= 11 is 0. The molecule has 0 bridgehead atoms. The van der Waals surface area contributed by atoms with Crippen molar-refractivity contribution in [1.29, 1.82) is 0 Å². The highest BCUT2D eigenvalue weighted by atomic mass is 16.7. The Morgan fingerprint density at radius 1 is 0.360 bits per heavy atom. The van der Waals surface area contributed by atoms with E-state index in [1.54, 1.807) is 0 Å². The molecule has 3 saturated heterocycles. The molecule has 17 N–H and O–H groups in total. The summed E-state index contributed by atoms with van der Waals surface area (Å²) in [7, 11) is 0. The van der Waals surface area contributed by atoms with Crippen LogP contribution in [0.3, 0.4) is 0 Å². The number of ether oxygens (including phenoxy) is 15. The number of carbonyl (C=O) groups is 8. The van der Waals surface area contributed by atoms with E-state index in [2.05, 4.69) is 37.2 Å². The fourth-order valence-corrected chi connectivity index (χ4v) is 9.86. The summed E-state index contributed by atoms with van der Waals surface area (Å²) in [5, 5.41) is 118. The zero-order valence-corrected chi connectivity index (χ0v) is 56.8. The molecule has 0 aromatic heterocycles. The topological polar surface area (TPSA) is 562 Å². The van der Waals surface area contributed by atoms with Crippen LogP contribution in [0.5, 0.6) is 0 Å². The van der Waals surface area contributed by atoms with Crippen LogP contribution in [0.4, 0.5) is 0 Å². The van der Waals surface area contributed by atoms with Gasteiger partial charge < -0.3 is 159 Å². The van der Waals surface area contributed by atoms with Gasteiger partial charge in [0.1, 0.15) is 105 Å². The molecule has 0 aromatic carbocycles. The van der Waals surface area contributed by atoms with Crippen LogP contribution in [0.25, 0.3) is 0 Å². The van der Waals surface area contributed by atoms with Crippen LogP contribution in [0, 0.1) is 0 Å². The van der Waals surface area contributed by atoms with Gasteiger partial charge in [0.25, 0.3) is 0 Å². The minimum absolute atomic E-state index is 0.0161. The third-order valence-corrected chi connectivity index (χ3v) is 15.0. The van der Waals surface area contributed by atoms with Crippen molar-refractivity contribution in [3.05, 3.63) is 0 Å². The number of amides is 7. The Hall–Kier alpha value is -5.20. The molecule has 0 aromatic rings. The van der Waals surface area contributed by atoms with Gasteiger partial charge in [0, 0.05) is 33.9 Å². The Balaban J connectivity index is 1.34. The molecule has 2 unspecified atom stereocenters. The minimum Gasteiger partial charge on any atom is -0.480 e. The number of unbranched alkanes of at least 4 members (excludes halogenated alkanes) is 2. The molecule has 3 aliphatic heterocycles. The first-order valence-corrected chi connectivity index (χ1v) is 33.1. The minimum atomic E-state index is -1.47. The van der Waals surface area contributed by atoms with Gasteiger partial charge in [-0.25, -0.2) is 4.79 Å². The maximum atomic E-state index is 13.6. The first-order valence-electron chi connectivity index (χ1n) is 33.1. The molecule has 40 heteroatoms. The van der Waals surface area contributed by atoms with Gasteiger partial charge in [-0.05, 0) is 38.5 Å². The number of hydrogen-bond donors (Lipinski definition) is 17. The second-order valence-electron chi connectivity index (χ2n) is 23.0. The van der Waals surface area contributed by atoms with E-state index in [0.717, 1.165) is 0 Å². The molecule has 3 aliphatic rings. The third-order valence-electron chi connectivity index (χ3n) is 15.0. The molecule has 40 nitrogen and oxygen atoms in total. The summed E-state index contributed by atoms with van der Waals surface area (Å²) < 4.78 is 82.2. The van der Waals surface area contributed by atoms with Crippen LogP contribution in [0.15, 0.2) is 0 Å². The van der Waals surface area contributed by atoms with Gasteiger partial charge in [0.15, 0.2) is 18.9 Å². The van der Waals surface area contributed by atoms with Gasteiger partial charge in [0.2, 0.25) is 41.4 Å². The molecule has 0 aliphatic carbocycles. The molecule has 3 rings (SSSR count). The lowest BCUT2D eigenvalue weighted by atomic mass is 9.97. The number of hydrogen-bond acceptors (Lipinski definition) is 32. The summed E-state index contributed by atoms with van der Waals surface area (Å²) in [6.45, 7) is 2.54. The van der Waals surface area contributed by atoms with Crippen molar-refractivity contribution in [2.75, 3.05) is 172 Å². The third kappa shape index (κ3) is 36.3. The van der Waals surface area contributed by atoms with E-state index >= 15 is 0 Å². The molecule has 0 radical (unpaired) electrons. The van der Waals surface area contributed by atoms with Crippen molar-refractivity contribution >= 4 is 47.3 Å². The van der Waals surface area contributed by atoms with Gasteiger partial charge in [-0.1, -0.05) is 0 Å². The largest absolute Gasteiger partial charge is 0.480 e. The second-order valence-corrected chi connectivity index (χ2v) is 23.0. The van der Waals surface area contributed by atoms with Crippen LogP contribution in [0.2, 0.25) is 0 Å². The number of aliphatic hydroxyl groups excluding tert-OH is 9. The van der Waals surface area contributed by atoms with Crippen molar-refractivity contribution in [3.8, 4) is 0 Å². The van der Waals surface area contributed by atoms with E-state index < -0.39 is 178 Å². The maximum absolute atomic E-state index is 13.6. The zero-order valence-electron chi connectivity index (χ0n) is 56.8. The Kier molecular flexibility index (Phi) is 46.9. The molecule has 100 heavy (non-hydrogen) atoms. The van der Waals surface area contributed by atoms with Gasteiger partial charge >= 0.3 is 5.97 Å². The quantitative estimate of drug-likeness (QED) is 0.0252. The number of aliphatic hydroxyl groups is 9. The summed E-state index contributed by atoms with van der Waals surface area (Å²) in [5.74, 6) is -5.18. The van der Waals surface area contributed by atoms with Gasteiger partial charge in [-0.3, -0.25) is 33.6 Å². The molecule has 3 heterocycles. The molecular weight excluding hydrogens is 1350 g/mol. The van der Waals surface area contributed by atoms with Gasteiger partial charge in [-0.2, -0.15) is 0 Å². The maximum Gasteiger partial charge on any atom is 0.326 e. The van der Waals surface area contributed by atoms with E-state index in [1.807, 2.05) is 0 Å². The van der Waals surface area contributed by atoms with E-state index in [9.17, 15) is 89.4 Å². The van der Waals surface area contributed by atoms with Crippen LogP contribution < -0.4 is 37.2 Å². The smallest absolute Gasteiger partial charge is 0.326 e. The van der Waals surface area contributed by atoms with Crippen molar-refractivity contribution in [3.63, 3.8) is 0 Å². The molecule has 3 fully saturated rings. The first-order chi connectivity index (χ1) is 48.0. The van der Waals surface area contributed by atoms with Crippen LogP contribution in [0.1, 0.15) is 59.3 Å². The van der Waals surface area contributed by atoms with Crippen LogP contribution >= 0.6 is 0 Å². The number of carboxylic acids is 1. The Morgan fingerprint density at radius 3 is 0.930 bits per heavy atom. The number of aliphatic carboxylic acids is 1. The predicted octanol–water partition coefficient (Wildman–Crippen LogP) is -9.36. The molecule has 0 saturated carbocycles. The first kappa shape index (κ1) is 89.0. The normalized spacial score (nSPS) is 25.8. The monoisotopic (exact) mass is 1450 g/mol. The Labute approximate surface area is 578 Å². The lowest BCUT2D eigenvalue weighted by Gasteiger charge is -2.42. The highest BCUT2D eigenvalue weighted by Crippen LogP contribution is 2.25. The van der Waals surface area contributed by atoms with Crippen molar-refractivity contribution in [2.45, 2.75) is 163 Å². The fourth-order valence-electron chi connectivity index (χ4n) is 9.86. The van der Waals surface area contributed by atoms with E-state index in [-0.39, 0.29) is 171 Å². The summed E-state index contributed by atoms with van der Waals surface area (Å²) in [4.78, 5) is 98.8. The SMILES string of the molecule is CC(=O)N[C@H]1[C@H](OCCOCCOCCOCC(=O)NCCCCC(NC(=O)C(CCCCNC(=O)COCCOCCOCCO[C@@H]2O[C@H](CO)[C@H](O)[C@H](O)[C@H]2NC(C)=O)NC(=O)COCCOCCOCCO[C@@H]2O[C@H](CO)[C@H](O)[C@H](O)[C@H]2NC(C)=O)C(=O)O)O[C@H](CO)[C@H](O)[C@@H]1O. The zero-order chi connectivity index (χ0) is 73.6. The average molecular weight is 1450 g/mol. The van der Waals surface area contributed by atoms with Crippen molar-refractivity contribution in [2.24, 2.45) is 0 Å². The number of nitrogens with one attached hydrogen (secondary N) is 7. The van der Waals surface area contributed by atoms with Gasteiger partial charge in [0.05, 0.1) is 139 Å². The second kappa shape index (κ2) is 52.7. The van der Waals surface area contributed by atoms with E-state index in [4.69, 9.17) is 71.1 Å². The van der Waals surface area contributed by atoms with Gasteiger partial charge in [-0.15, -0.1) is 0 Å². The highest BCUT2D eigenvalue weighted by Gasteiger charge is 2.48. The lowest BCUT2D eigenvalue weighted by Crippen LogP contribution is -2.64. The number of rotatable bonds is 56. The summed E-state index contributed by atoms with van der Waals surface area (Å²) in [6, 6.07) is -5.87. The number of carboxylic acid groups (broad SMARTS) is 1. The summed E-state index contributed by atoms with van der Waals surface area (Å²) in [5.41, 5.74) is 0. The van der Waals surface area contributed by atoms with Crippen LogP contribution in [-0.2, 0) is 109 Å². The lowest BCUT2D eigenvalue weighted by molar-refractivity contribution is -0.272. The summed E-state index contributed by atoms with van der Waals surface area (Å²) in [6.07, 6.45) is -14.4. The standard InChI is InChI=1S/C60H107N7O33/c1-36(71)63-47-53(80)50(77)41(30-68)98-58(47)95-27-24-89-15-12-86-18-21-92-33-44(74)61-10-6-4-8-39(66-46(76)35-94-23-20-88-14-17-91-26-29-97-60-49(65-38(3)73)55(82)52(79)43(32-70)100-60)56(83)67-40(57(84)85)9-5-7-11-62-45(75)34-93-22-19-87-13-16-90-25-28-96-59-48(64-37(2)72)54(81)51(78)42(31-69)99-59/h39-43,47-55,58-60,68-70,77-82H,4-35H2,1-3H3,(H,61,74)(H,62,75)(H,63,71)(H,64,72)(H,65,73)(H,66,76)(H,67,83)(H,84,85)/t39?,40?,41-,42-,43-,47-,48-,49-,50+,51+,52+,53-,54-,55-,58-,59-,60-/m1/s1. The number of carbonyl (C=O) groups excluding carboxylic acids is 7. The molecule has 0 spiro atoms. The molecule has 580 valence electrons. The molecule has 7 amide bonds. The predicted molar refractivity (Wildman–Crippen MR) is 337 cm³/mol. The van der Waals surface area contributed by atoms with E-state index in [0.29, 0.717) is 12.8 Å². The van der Waals surface area contributed by atoms with E-state index in [1.165, 1.54) is 20.8 Å². The van der Waals surface area contributed by atoms with Crippen LogP contribution in [-0.4, -0.2) is 374 Å². The fraction of sp³-hybridized carbons (Fsp3) is 0.867. The molecular formula is C60H107N7O33. The molecule has 17 atom stereocenters. The Bertz CT molecular complexity index is 2310. The van der Waals surface area contributed by atoms with Crippen molar-refractivity contribution < 1.29 is 160 Å². The Morgan fingerprint density at radius 2 is 0.640 bits per heavy atom.